The Morgan fingerprint density at radius 1 is 1.14 bits per heavy atom. The summed E-state index contributed by atoms with van der Waals surface area (Å²) in [5.41, 5.74) is 0.364. The number of carboxylic acid groups (broad SMARTS) is 1. The predicted molar refractivity (Wildman–Crippen MR) is 122 cm³/mol. The molecule has 0 spiro atoms. The zero-order chi connectivity index (χ0) is 23.9. The monoisotopic (exact) mass is 479 g/mol. The lowest BCUT2D eigenvalue weighted by atomic mass is 9.61. The average molecular weight is 479 g/mol. The minimum Gasteiger partial charge on any atom is -0.481 e. The Bertz CT molecular complexity index is 1390. The fourth-order valence-electron chi connectivity index (χ4n) is 6.33. The first kappa shape index (κ1) is 20.8. The van der Waals surface area contributed by atoms with E-state index in [0.29, 0.717) is 11.0 Å². The predicted octanol–water partition coefficient (Wildman–Crippen LogP) is 3.48. The van der Waals surface area contributed by atoms with Gasteiger partial charge in [-0.2, -0.15) is 5.10 Å². The summed E-state index contributed by atoms with van der Waals surface area (Å²) >= 11 is 0. The molecule has 3 unspecified atom stereocenters. The molecule has 11 heteroatoms. The van der Waals surface area contributed by atoms with Crippen molar-refractivity contribution < 1.29 is 18.7 Å². The topological polar surface area (TPSA) is 129 Å². The first-order valence-corrected chi connectivity index (χ1v) is 12.1. The minimum atomic E-state index is -0.864. The molecule has 3 N–H and O–H groups in total. The van der Waals surface area contributed by atoms with Gasteiger partial charge in [-0.15, -0.1) is 0 Å². The number of aliphatic imine (C=N–C) groups is 1. The second-order valence-corrected chi connectivity index (χ2v) is 10.3. The smallest absolute Gasteiger partial charge is 0.308 e. The largest absolute Gasteiger partial charge is 0.481 e. The van der Waals surface area contributed by atoms with Gasteiger partial charge in [0.2, 0.25) is 0 Å². The number of aromatic amines is 1. The van der Waals surface area contributed by atoms with Crippen LogP contribution in [-0.2, 0) is 10.2 Å². The number of nitrogens with zero attached hydrogens (tertiary/aromatic N) is 5. The molecule has 35 heavy (non-hydrogen) atoms. The molecule has 4 aliphatic carbocycles. The number of rotatable bonds is 6. The second kappa shape index (κ2) is 7.25. The number of anilines is 1. The normalized spacial score (nSPS) is 29.9. The van der Waals surface area contributed by atoms with Crippen LogP contribution in [0.1, 0.15) is 44.2 Å². The van der Waals surface area contributed by atoms with Crippen LogP contribution in [0, 0.1) is 29.4 Å². The van der Waals surface area contributed by atoms with Gasteiger partial charge in [0, 0.05) is 17.7 Å². The van der Waals surface area contributed by atoms with Crippen LogP contribution in [0.15, 0.2) is 17.3 Å². The van der Waals surface area contributed by atoms with Crippen molar-refractivity contribution in [2.24, 2.45) is 22.7 Å². The van der Waals surface area contributed by atoms with Crippen LogP contribution in [0.2, 0.25) is 0 Å². The first-order chi connectivity index (χ1) is 16.9. The van der Waals surface area contributed by atoms with Crippen LogP contribution in [0.25, 0.3) is 22.6 Å². The molecule has 4 fully saturated rings. The Morgan fingerprint density at radius 3 is 2.57 bits per heavy atom. The number of H-pyrrole nitrogens is 1. The van der Waals surface area contributed by atoms with E-state index in [1.165, 1.54) is 6.07 Å². The first-order valence-electron chi connectivity index (χ1n) is 12.1. The maximum atomic E-state index is 16.0. The van der Waals surface area contributed by atoms with Gasteiger partial charge in [0.05, 0.1) is 29.2 Å². The molecule has 180 valence electrons. The van der Waals surface area contributed by atoms with Gasteiger partial charge in [0.15, 0.2) is 23.1 Å². The van der Waals surface area contributed by atoms with Crippen LogP contribution in [-0.4, -0.2) is 54.5 Å². The number of halogens is 2. The van der Waals surface area contributed by atoms with E-state index >= 15 is 4.39 Å². The van der Waals surface area contributed by atoms with Gasteiger partial charge >= 0.3 is 5.97 Å². The molecule has 0 amide bonds. The fraction of sp³-hybridized carbons (Fsp3) is 0.500. The molecule has 0 radical (unpaired) electrons. The lowest BCUT2D eigenvalue weighted by molar-refractivity contribution is -0.148. The summed E-state index contributed by atoms with van der Waals surface area (Å²) in [6.07, 6.45) is 7.94. The Morgan fingerprint density at radius 2 is 1.89 bits per heavy atom. The van der Waals surface area contributed by atoms with Crippen molar-refractivity contribution in [2.45, 2.75) is 56.0 Å². The zero-order valence-electron chi connectivity index (χ0n) is 18.7. The number of carbonyl (C=O) groups is 1. The van der Waals surface area contributed by atoms with Crippen molar-refractivity contribution in [1.29, 1.82) is 0 Å². The number of aliphatic carboxylic acids is 1. The number of hydrogen-bond donors (Lipinski definition) is 3. The van der Waals surface area contributed by atoms with Gasteiger partial charge in [0.25, 0.3) is 0 Å². The van der Waals surface area contributed by atoms with E-state index < -0.39 is 35.0 Å². The molecule has 0 aromatic carbocycles. The number of hydrogen-bond acceptors (Lipinski definition) is 7. The third-order valence-electron chi connectivity index (χ3n) is 8.38. The number of aromatic nitrogens is 5. The molecule has 5 aliphatic rings. The SMILES string of the molecule is O=C(O)C1C2CCC(CC2)C1Nc1nc(-c2n[nH]c3ncc(F)cc23)nc(C2(C3C=N3)CC2)c1F. The van der Waals surface area contributed by atoms with Crippen molar-refractivity contribution in [3.8, 4) is 11.5 Å². The molecular formula is C24H23F2N7O2. The summed E-state index contributed by atoms with van der Waals surface area (Å²) in [5, 5.41) is 20.6. The quantitative estimate of drug-likeness (QED) is 0.494. The highest BCUT2D eigenvalue weighted by Gasteiger charge is 2.57. The highest BCUT2D eigenvalue weighted by Crippen LogP contribution is 2.55. The van der Waals surface area contributed by atoms with Gasteiger partial charge in [-0.05, 0) is 56.4 Å². The number of carboxylic acids is 1. The van der Waals surface area contributed by atoms with Crippen molar-refractivity contribution in [3.63, 3.8) is 0 Å². The van der Waals surface area contributed by atoms with Crippen LogP contribution in [0.4, 0.5) is 14.6 Å². The van der Waals surface area contributed by atoms with Gasteiger partial charge in [-0.25, -0.2) is 23.7 Å². The summed E-state index contributed by atoms with van der Waals surface area (Å²) in [4.78, 5) is 29.5. The Hall–Kier alpha value is -3.50. The molecule has 2 bridgehead atoms. The van der Waals surface area contributed by atoms with E-state index in [9.17, 15) is 14.3 Å². The van der Waals surface area contributed by atoms with Crippen molar-refractivity contribution >= 4 is 29.0 Å². The Labute approximate surface area is 198 Å². The number of pyridine rings is 1. The van der Waals surface area contributed by atoms with Crippen LogP contribution in [0.5, 0.6) is 0 Å². The zero-order valence-corrected chi connectivity index (χ0v) is 18.7. The van der Waals surface area contributed by atoms with Crippen molar-refractivity contribution in [1.82, 2.24) is 25.1 Å². The molecule has 4 saturated carbocycles. The molecule has 3 atom stereocenters. The molecule has 8 rings (SSSR count). The van der Waals surface area contributed by atoms with Crippen LogP contribution in [0.3, 0.4) is 0 Å². The average Bonchev–Trinajstić information content (AvgIpc) is 3.77. The summed E-state index contributed by atoms with van der Waals surface area (Å²) in [5.74, 6) is -2.26. The third-order valence-corrected chi connectivity index (χ3v) is 8.38. The van der Waals surface area contributed by atoms with E-state index in [0.717, 1.165) is 44.7 Å². The Kier molecular flexibility index (Phi) is 4.32. The van der Waals surface area contributed by atoms with Gasteiger partial charge in [-0.3, -0.25) is 14.9 Å². The summed E-state index contributed by atoms with van der Waals surface area (Å²) in [7, 11) is 0. The highest BCUT2D eigenvalue weighted by molar-refractivity contribution is 5.89. The van der Waals surface area contributed by atoms with Crippen molar-refractivity contribution in [3.05, 3.63) is 29.6 Å². The van der Waals surface area contributed by atoms with Crippen LogP contribution < -0.4 is 5.32 Å². The van der Waals surface area contributed by atoms with E-state index in [1.54, 1.807) is 6.21 Å². The number of fused-ring (bicyclic) bond motifs is 4. The molecule has 0 saturated heterocycles. The number of nitrogens with one attached hydrogen (secondary N) is 2. The molecule has 9 nitrogen and oxygen atoms in total. The maximum Gasteiger partial charge on any atom is 0.308 e. The van der Waals surface area contributed by atoms with Gasteiger partial charge in [-0.1, -0.05) is 0 Å². The fourth-order valence-corrected chi connectivity index (χ4v) is 6.33. The summed E-state index contributed by atoms with van der Waals surface area (Å²) in [6, 6.07) is 0.769. The standard InChI is InChI=1S/C24H23F2N7O2/c25-12-7-13-18(32-33-20(13)28-8-12)22-30-19(24(5-6-24)14-9-27-14)16(26)21(31-22)29-17-11-3-1-10(2-4-11)15(17)23(34)35/h7-11,14-15,17H,1-6H2,(H,34,35)(H,28,32,33)(H,29,30,31). The summed E-state index contributed by atoms with van der Waals surface area (Å²) < 4.78 is 30.0. The molecule has 3 aromatic heterocycles. The third kappa shape index (κ3) is 3.16. The molecular weight excluding hydrogens is 456 g/mol. The van der Waals surface area contributed by atoms with E-state index in [1.807, 2.05) is 0 Å². The van der Waals surface area contributed by atoms with Crippen LogP contribution >= 0.6 is 0 Å². The van der Waals surface area contributed by atoms with Gasteiger partial charge < -0.3 is 10.4 Å². The molecule has 3 aromatic rings. The van der Waals surface area contributed by atoms with E-state index in [-0.39, 0.29) is 40.9 Å². The Balaban J connectivity index is 1.36. The summed E-state index contributed by atoms with van der Waals surface area (Å²) in [6.45, 7) is 0. The molecule has 4 heterocycles. The lowest BCUT2D eigenvalue weighted by Gasteiger charge is -2.47. The van der Waals surface area contributed by atoms with E-state index in [2.05, 4.69) is 35.5 Å². The van der Waals surface area contributed by atoms with Crippen molar-refractivity contribution in [2.75, 3.05) is 5.32 Å². The second-order valence-electron chi connectivity index (χ2n) is 10.3. The highest BCUT2D eigenvalue weighted by atomic mass is 19.1. The maximum absolute atomic E-state index is 16.0. The lowest BCUT2D eigenvalue weighted by Crippen LogP contribution is -2.51. The minimum absolute atomic E-state index is 0.0266. The van der Waals surface area contributed by atoms with Gasteiger partial charge in [0.1, 0.15) is 11.5 Å². The van der Waals surface area contributed by atoms with E-state index in [4.69, 9.17) is 0 Å². The molecule has 1 aliphatic heterocycles.